The minimum atomic E-state index is -0.841. The molecule has 0 aliphatic heterocycles. The first kappa shape index (κ1) is 18.9. The molecule has 0 fully saturated rings. The van der Waals surface area contributed by atoms with Crippen LogP contribution in [0.1, 0.15) is 21.5 Å². The number of rotatable bonds is 6. The average Bonchev–Trinajstić information content (AvgIpc) is 2.62. The van der Waals surface area contributed by atoms with E-state index in [1.54, 1.807) is 0 Å². The van der Waals surface area contributed by atoms with Gasteiger partial charge >= 0.3 is 11.7 Å². The second-order valence-corrected chi connectivity index (χ2v) is 5.59. The van der Waals surface area contributed by atoms with Crippen LogP contribution in [0.3, 0.4) is 0 Å². The van der Waals surface area contributed by atoms with Gasteiger partial charge in [-0.25, -0.2) is 4.79 Å². The van der Waals surface area contributed by atoms with Crippen molar-refractivity contribution < 1.29 is 24.0 Å². The summed E-state index contributed by atoms with van der Waals surface area (Å²) in [4.78, 5) is 34.3. The molecule has 1 N–H and O–H groups in total. The lowest BCUT2D eigenvalue weighted by atomic mass is 10.1. The molecule has 0 heterocycles. The number of nitrogens with one attached hydrogen (secondary N) is 1. The molecule has 0 aliphatic carbocycles. The second kappa shape index (κ2) is 8.11. The number of esters is 1. The van der Waals surface area contributed by atoms with Gasteiger partial charge in [-0.15, -0.1) is 0 Å². The van der Waals surface area contributed by atoms with E-state index in [0.29, 0.717) is 5.69 Å². The Labute approximate surface area is 149 Å². The van der Waals surface area contributed by atoms with Crippen LogP contribution in [0.4, 0.5) is 11.4 Å². The van der Waals surface area contributed by atoms with Crippen LogP contribution in [0.25, 0.3) is 0 Å². The summed E-state index contributed by atoms with van der Waals surface area (Å²) in [6.45, 7) is 3.23. The smallest absolute Gasteiger partial charge is 0.338 e. The summed E-state index contributed by atoms with van der Waals surface area (Å²) < 4.78 is 9.79. The van der Waals surface area contributed by atoms with E-state index in [0.717, 1.165) is 17.2 Å². The van der Waals surface area contributed by atoms with E-state index in [2.05, 4.69) is 5.32 Å². The summed E-state index contributed by atoms with van der Waals surface area (Å²) in [6.07, 6.45) is 0. The molecule has 0 aliphatic rings. The molecule has 136 valence electrons. The highest BCUT2D eigenvalue weighted by Gasteiger charge is 2.19. The summed E-state index contributed by atoms with van der Waals surface area (Å²) in [5, 5.41) is 13.7. The number of amides is 1. The number of nitro groups is 1. The third-order valence-electron chi connectivity index (χ3n) is 3.61. The van der Waals surface area contributed by atoms with E-state index >= 15 is 0 Å². The van der Waals surface area contributed by atoms with Crippen molar-refractivity contribution in [1.82, 2.24) is 0 Å². The van der Waals surface area contributed by atoms with Crippen molar-refractivity contribution in [2.45, 2.75) is 13.8 Å². The fourth-order valence-corrected chi connectivity index (χ4v) is 2.23. The van der Waals surface area contributed by atoms with Crippen LogP contribution in [0, 0.1) is 24.0 Å². The Balaban J connectivity index is 2.02. The first-order chi connectivity index (χ1) is 12.3. The topological polar surface area (TPSA) is 108 Å². The molecule has 0 radical (unpaired) electrons. The molecule has 0 aromatic heterocycles. The molecular weight excluding hydrogens is 340 g/mol. The van der Waals surface area contributed by atoms with Gasteiger partial charge < -0.3 is 14.8 Å². The molecule has 2 aromatic rings. The average molecular weight is 358 g/mol. The number of carbonyl (C=O) groups excluding carboxylic acids is 2. The molecule has 8 heteroatoms. The maximum atomic E-state index is 12.0. The van der Waals surface area contributed by atoms with Crippen molar-refractivity contribution >= 4 is 23.3 Å². The van der Waals surface area contributed by atoms with E-state index < -0.39 is 23.4 Å². The van der Waals surface area contributed by atoms with Crippen molar-refractivity contribution in [3.63, 3.8) is 0 Å². The van der Waals surface area contributed by atoms with Crippen molar-refractivity contribution in [1.29, 1.82) is 0 Å². The van der Waals surface area contributed by atoms with Gasteiger partial charge in [0.15, 0.2) is 12.4 Å². The molecule has 0 saturated heterocycles. The summed E-state index contributed by atoms with van der Waals surface area (Å²) in [5.74, 6) is -1.32. The summed E-state index contributed by atoms with van der Waals surface area (Å²) in [5.41, 5.74) is 2.08. The predicted molar refractivity (Wildman–Crippen MR) is 94.5 cm³/mol. The van der Waals surface area contributed by atoms with E-state index in [1.807, 2.05) is 32.0 Å². The fraction of sp³-hybridized carbons (Fsp3) is 0.222. The van der Waals surface area contributed by atoms with Gasteiger partial charge in [-0.2, -0.15) is 0 Å². The molecule has 0 spiro atoms. The number of aryl methyl sites for hydroxylation is 2. The molecule has 0 atom stereocenters. The zero-order chi connectivity index (χ0) is 19.3. The lowest BCUT2D eigenvalue weighted by Crippen LogP contribution is -2.21. The SMILES string of the molecule is COc1ccc(C(=O)OCC(=O)Nc2cc(C)ccc2C)cc1[N+](=O)[O-]. The number of anilines is 1. The first-order valence-corrected chi connectivity index (χ1v) is 7.68. The highest BCUT2D eigenvalue weighted by molar-refractivity contribution is 5.96. The van der Waals surface area contributed by atoms with Crippen LogP contribution in [-0.4, -0.2) is 30.5 Å². The molecule has 0 unspecified atom stereocenters. The Morgan fingerprint density at radius 2 is 1.88 bits per heavy atom. The highest BCUT2D eigenvalue weighted by atomic mass is 16.6. The third-order valence-corrected chi connectivity index (χ3v) is 3.61. The van der Waals surface area contributed by atoms with Gasteiger partial charge in [-0.05, 0) is 43.2 Å². The second-order valence-electron chi connectivity index (χ2n) is 5.59. The number of nitro benzene ring substituents is 1. The Morgan fingerprint density at radius 3 is 2.54 bits per heavy atom. The van der Waals surface area contributed by atoms with E-state index in [1.165, 1.54) is 19.2 Å². The minimum absolute atomic E-state index is 0.0271. The maximum Gasteiger partial charge on any atom is 0.338 e. The van der Waals surface area contributed by atoms with Crippen molar-refractivity contribution in [2.24, 2.45) is 0 Å². The van der Waals surface area contributed by atoms with Crippen LogP contribution in [0.5, 0.6) is 5.75 Å². The van der Waals surface area contributed by atoms with Crippen LogP contribution < -0.4 is 10.1 Å². The van der Waals surface area contributed by atoms with E-state index in [-0.39, 0.29) is 17.0 Å². The van der Waals surface area contributed by atoms with Crippen LogP contribution in [0.15, 0.2) is 36.4 Å². The van der Waals surface area contributed by atoms with Gasteiger partial charge in [-0.3, -0.25) is 14.9 Å². The quantitative estimate of drug-likeness (QED) is 0.483. The van der Waals surface area contributed by atoms with Gasteiger partial charge in [0, 0.05) is 11.8 Å². The summed E-state index contributed by atoms with van der Waals surface area (Å²) in [7, 11) is 1.29. The van der Waals surface area contributed by atoms with E-state index in [9.17, 15) is 19.7 Å². The number of ether oxygens (including phenoxy) is 2. The largest absolute Gasteiger partial charge is 0.490 e. The lowest BCUT2D eigenvalue weighted by Gasteiger charge is -2.10. The molecular formula is C18H18N2O6. The van der Waals surface area contributed by atoms with Gasteiger partial charge in [0.1, 0.15) is 0 Å². The van der Waals surface area contributed by atoms with Crippen molar-refractivity contribution in [3.05, 3.63) is 63.2 Å². The summed E-state index contributed by atoms with van der Waals surface area (Å²) in [6, 6.07) is 9.27. The normalized spacial score (nSPS) is 10.1. The number of hydrogen-bond acceptors (Lipinski definition) is 6. The minimum Gasteiger partial charge on any atom is -0.490 e. The molecule has 2 rings (SSSR count). The molecule has 2 aromatic carbocycles. The molecule has 8 nitrogen and oxygen atoms in total. The van der Waals surface area contributed by atoms with Crippen molar-refractivity contribution in [3.8, 4) is 5.75 Å². The predicted octanol–water partition coefficient (Wildman–Crippen LogP) is 3.02. The zero-order valence-electron chi connectivity index (χ0n) is 14.6. The van der Waals surface area contributed by atoms with Gasteiger partial charge in [0.05, 0.1) is 17.6 Å². The number of methoxy groups -OCH3 is 1. The number of nitrogens with zero attached hydrogens (tertiary/aromatic N) is 1. The molecule has 1 amide bonds. The third kappa shape index (κ3) is 4.56. The van der Waals surface area contributed by atoms with Gasteiger partial charge in [0.2, 0.25) is 0 Å². The Hall–Kier alpha value is -3.42. The van der Waals surface area contributed by atoms with Crippen LogP contribution in [0.2, 0.25) is 0 Å². The number of benzene rings is 2. The zero-order valence-corrected chi connectivity index (χ0v) is 14.6. The lowest BCUT2D eigenvalue weighted by molar-refractivity contribution is -0.385. The first-order valence-electron chi connectivity index (χ1n) is 7.68. The molecule has 26 heavy (non-hydrogen) atoms. The fourth-order valence-electron chi connectivity index (χ4n) is 2.23. The van der Waals surface area contributed by atoms with Gasteiger partial charge in [0.25, 0.3) is 5.91 Å². The van der Waals surface area contributed by atoms with Crippen molar-refractivity contribution in [2.75, 3.05) is 19.0 Å². The monoisotopic (exact) mass is 358 g/mol. The number of hydrogen-bond donors (Lipinski definition) is 1. The Morgan fingerprint density at radius 1 is 1.15 bits per heavy atom. The molecule has 0 saturated carbocycles. The Bertz CT molecular complexity index is 863. The number of carbonyl (C=O) groups is 2. The molecule has 0 bridgehead atoms. The highest BCUT2D eigenvalue weighted by Crippen LogP contribution is 2.27. The maximum absolute atomic E-state index is 12.0. The van der Waals surface area contributed by atoms with Gasteiger partial charge in [-0.1, -0.05) is 12.1 Å². The van der Waals surface area contributed by atoms with Crippen LogP contribution in [-0.2, 0) is 9.53 Å². The summed E-state index contributed by atoms with van der Waals surface area (Å²) >= 11 is 0. The van der Waals surface area contributed by atoms with Crippen LogP contribution >= 0.6 is 0 Å². The van der Waals surface area contributed by atoms with E-state index in [4.69, 9.17) is 9.47 Å². The Kier molecular flexibility index (Phi) is 5.90. The standard InChI is InChI=1S/C18H18N2O6/c1-11-4-5-12(2)14(8-11)19-17(21)10-26-18(22)13-6-7-16(25-3)15(9-13)20(23)24/h4-9H,10H2,1-3H3,(H,19,21).